The monoisotopic (exact) mass is 362 g/mol. The third-order valence-corrected chi connectivity index (χ3v) is 4.45. The van der Waals surface area contributed by atoms with Crippen molar-refractivity contribution in [2.45, 2.75) is 6.92 Å². The van der Waals surface area contributed by atoms with E-state index in [1.807, 2.05) is 73.7 Å². The van der Waals surface area contributed by atoms with Crippen molar-refractivity contribution in [2.75, 3.05) is 5.01 Å². The Morgan fingerprint density at radius 2 is 1.73 bits per heavy atom. The van der Waals surface area contributed by atoms with Gasteiger partial charge in [0, 0.05) is 5.56 Å². The minimum absolute atomic E-state index is 0.176. The fourth-order valence-corrected chi connectivity index (χ4v) is 3.04. The standard InChI is InChI=1S/C21H15ClN2O2/c1-14-18(21(25)24(23-14)15-7-3-2-4-8-15)13-16-11-12-20(26-16)17-9-5-6-10-19(17)22/h2-13H,1H3. The summed E-state index contributed by atoms with van der Waals surface area (Å²) in [6, 6.07) is 20.5. The van der Waals surface area contributed by atoms with Crippen LogP contribution >= 0.6 is 11.6 Å². The number of carbonyl (C=O) groups is 1. The number of furan rings is 1. The smallest absolute Gasteiger partial charge is 0.280 e. The van der Waals surface area contributed by atoms with Gasteiger partial charge in [0.2, 0.25) is 0 Å². The molecule has 1 amide bonds. The quantitative estimate of drug-likeness (QED) is 0.585. The van der Waals surface area contributed by atoms with Crippen LogP contribution in [0.25, 0.3) is 17.4 Å². The number of anilines is 1. The van der Waals surface area contributed by atoms with Gasteiger partial charge in [0.1, 0.15) is 11.5 Å². The number of halogens is 1. The Labute approximate surface area is 156 Å². The maximum Gasteiger partial charge on any atom is 0.280 e. The Morgan fingerprint density at radius 3 is 2.50 bits per heavy atom. The van der Waals surface area contributed by atoms with Gasteiger partial charge in [-0.25, -0.2) is 0 Å². The lowest BCUT2D eigenvalue weighted by Crippen LogP contribution is -2.21. The number of hydrazone groups is 1. The average Bonchev–Trinajstić information content (AvgIpc) is 3.23. The van der Waals surface area contributed by atoms with Crippen LogP contribution in [0.3, 0.4) is 0 Å². The number of hydrogen-bond acceptors (Lipinski definition) is 3. The third kappa shape index (κ3) is 2.95. The van der Waals surface area contributed by atoms with E-state index in [4.69, 9.17) is 16.0 Å². The molecule has 0 bridgehead atoms. The molecule has 0 unspecified atom stereocenters. The van der Waals surface area contributed by atoms with Crippen molar-refractivity contribution in [3.8, 4) is 11.3 Å². The lowest BCUT2D eigenvalue weighted by atomic mass is 10.1. The molecule has 0 saturated carbocycles. The van der Waals surface area contributed by atoms with E-state index in [0.717, 1.165) is 11.3 Å². The molecular weight excluding hydrogens is 348 g/mol. The predicted octanol–water partition coefficient (Wildman–Crippen LogP) is 5.41. The van der Waals surface area contributed by atoms with Gasteiger partial charge in [-0.15, -0.1) is 0 Å². The van der Waals surface area contributed by atoms with E-state index < -0.39 is 0 Å². The summed E-state index contributed by atoms with van der Waals surface area (Å²) < 4.78 is 5.86. The van der Waals surface area contributed by atoms with Gasteiger partial charge in [0.05, 0.1) is 22.0 Å². The minimum atomic E-state index is -0.176. The molecule has 2 aromatic carbocycles. The van der Waals surface area contributed by atoms with E-state index >= 15 is 0 Å². The van der Waals surface area contributed by atoms with Crippen LogP contribution < -0.4 is 5.01 Å². The van der Waals surface area contributed by atoms with Crippen LogP contribution in [-0.4, -0.2) is 11.6 Å². The van der Waals surface area contributed by atoms with E-state index in [2.05, 4.69) is 5.10 Å². The van der Waals surface area contributed by atoms with Crippen LogP contribution in [0.2, 0.25) is 5.02 Å². The lowest BCUT2D eigenvalue weighted by Gasteiger charge is -2.10. The Hall–Kier alpha value is -3.11. The van der Waals surface area contributed by atoms with Crippen LogP contribution in [0.4, 0.5) is 5.69 Å². The molecule has 26 heavy (non-hydrogen) atoms. The summed E-state index contributed by atoms with van der Waals surface area (Å²) >= 11 is 6.22. The molecule has 128 valence electrons. The summed E-state index contributed by atoms with van der Waals surface area (Å²) in [7, 11) is 0. The highest BCUT2D eigenvalue weighted by atomic mass is 35.5. The van der Waals surface area contributed by atoms with Crippen molar-refractivity contribution in [3.05, 3.63) is 83.1 Å². The lowest BCUT2D eigenvalue weighted by molar-refractivity contribution is -0.114. The summed E-state index contributed by atoms with van der Waals surface area (Å²) in [6.45, 7) is 1.81. The summed E-state index contributed by atoms with van der Waals surface area (Å²) in [5, 5.41) is 6.38. The fraction of sp³-hybridized carbons (Fsp3) is 0.0476. The molecule has 4 nitrogen and oxygen atoms in total. The zero-order valence-electron chi connectivity index (χ0n) is 14.0. The molecule has 3 aromatic rings. The zero-order valence-corrected chi connectivity index (χ0v) is 14.8. The van der Waals surface area contributed by atoms with Crippen LogP contribution in [0.5, 0.6) is 0 Å². The number of benzene rings is 2. The van der Waals surface area contributed by atoms with Gasteiger partial charge in [0.15, 0.2) is 0 Å². The first-order chi connectivity index (χ1) is 12.6. The van der Waals surface area contributed by atoms with Gasteiger partial charge >= 0.3 is 0 Å². The van der Waals surface area contributed by atoms with Gasteiger partial charge in [-0.05, 0) is 49.4 Å². The highest BCUT2D eigenvalue weighted by Gasteiger charge is 2.28. The van der Waals surface area contributed by atoms with Gasteiger partial charge in [-0.1, -0.05) is 41.9 Å². The molecular formula is C21H15ClN2O2. The van der Waals surface area contributed by atoms with Crippen molar-refractivity contribution in [3.63, 3.8) is 0 Å². The maximum absolute atomic E-state index is 12.7. The molecule has 0 radical (unpaired) electrons. The number of amides is 1. The molecule has 0 aliphatic carbocycles. The van der Waals surface area contributed by atoms with Crippen molar-refractivity contribution >= 4 is 35.0 Å². The second-order valence-corrected chi connectivity index (χ2v) is 6.28. The van der Waals surface area contributed by atoms with E-state index in [9.17, 15) is 4.79 Å². The van der Waals surface area contributed by atoms with E-state index in [-0.39, 0.29) is 5.91 Å². The van der Waals surface area contributed by atoms with Crippen LogP contribution in [-0.2, 0) is 4.79 Å². The Morgan fingerprint density at radius 1 is 1.00 bits per heavy atom. The van der Waals surface area contributed by atoms with Crippen LogP contribution in [0.1, 0.15) is 12.7 Å². The van der Waals surface area contributed by atoms with E-state index in [0.29, 0.717) is 27.8 Å². The van der Waals surface area contributed by atoms with Crippen LogP contribution in [0, 0.1) is 0 Å². The minimum Gasteiger partial charge on any atom is -0.457 e. The third-order valence-electron chi connectivity index (χ3n) is 4.12. The molecule has 0 spiro atoms. The van der Waals surface area contributed by atoms with Crippen molar-refractivity contribution < 1.29 is 9.21 Å². The summed E-state index contributed by atoms with van der Waals surface area (Å²) in [6.07, 6.45) is 1.71. The number of nitrogens with zero attached hydrogens (tertiary/aromatic N) is 2. The molecule has 0 atom stereocenters. The highest BCUT2D eigenvalue weighted by Crippen LogP contribution is 2.30. The SMILES string of the molecule is CC1=NN(c2ccccc2)C(=O)C1=Cc1ccc(-c2ccccc2Cl)o1. The van der Waals surface area contributed by atoms with Crippen molar-refractivity contribution in [1.82, 2.24) is 0 Å². The molecule has 0 fully saturated rings. The second-order valence-electron chi connectivity index (χ2n) is 5.88. The molecule has 1 aromatic heterocycles. The normalized spacial score (nSPS) is 15.6. The first-order valence-corrected chi connectivity index (χ1v) is 8.53. The zero-order chi connectivity index (χ0) is 18.1. The Balaban J connectivity index is 1.65. The first kappa shape index (κ1) is 16.4. The van der Waals surface area contributed by atoms with E-state index in [1.54, 1.807) is 6.08 Å². The largest absolute Gasteiger partial charge is 0.457 e. The maximum atomic E-state index is 12.7. The number of para-hydroxylation sites is 1. The molecule has 1 aliphatic heterocycles. The Bertz CT molecular complexity index is 1030. The van der Waals surface area contributed by atoms with Crippen LogP contribution in [0.15, 0.2) is 81.8 Å². The van der Waals surface area contributed by atoms with Crippen molar-refractivity contribution in [2.24, 2.45) is 5.10 Å². The number of rotatable bonds is 3. The first-order valence-electron chi connectivity index (χ1n) is 8.15. The summed E-state index contributed by atoms with van der Waals surface area (Å²) in [5.74, 6) is 1.06. The number of hydrogen-bond donors (Lipinski definition) is 0. The van der Waals surface area contributed by atoms with Gasteiger partial charge in [-0.3, -0.25) is 4.79 Å². The summed E-state index contributed by atoms with van der Waals surface area (Å²) in [4.78, 5) is 12.7. The van der Waals surface area contributed by atoms with E-state index in [1.165, 1.54) is 5.01 Å². The van der Waals surface area contributed by atoms with Gasteiger partial charge < -0.3 is 4.42 Å². The molecule has 0 saturated heterocycles. The molecule has 0 N–H and O–H groups in total. The Kier molecular flexibility index (Phi) is 4.19. The molecule has 2 heterocycles. The molecule has 1 aliphatic rings. The average molecular weight is 363 g/mol. The van der Waals surface area contributed by atoms with Gasteiger partial charge in [0.25, 0.3) is 5.91 Å². The fourth-order valence-electron chi connectivity index (χ4n) is 2.81. The molecule has 5 heteroatoms. The molecule has 4 rings (SSSR count). The second kappa shape index (κ2) is 6.65. The highest BCUT2D eigenvalue weighted by molar-refractivity contribution is 6.33. The number of carbonyl (C=O) groups excluding carboxylic acids is 1. The summed E-state index contributed by atoms with van der Waals surface area (Å²) in [5.41, 5.74) is 2.70. The topological polar surface area (TPSA) is 45.8 Å². The van der Waals surface area contributed by atoms with Gasteiger partial charge in [-0.2, -0.15) is 10.1 Å². The van der Waals surface area contributed by atoms with Crippen molar-refractivity contribution in [1.29, 1.82) is 0 Å². The predicted molar refractivity (Wildman–Crippen MR) is 104 cm³/mol.